The fourth-order valence-electron chi connectivity index (χ4n) is 3.20. The van der Waals surface area contributed by atoms with Gasteiger partial charge in [-0.05, 0) is 55.7 Å². The summed E-state index contributed by atoms with van der Waals surface area (Å²) < 4.78 is 17.4. The van der Waals surface area contributed by atoms with E-state index in [0.717, 1.165) is 16.7 Å². The highest BCUT2D eigenvalue weighted by molar-refractivity contribution is 5.81. The van der Waals surface area contributed by atoms with Gasteiger partial charge in [-0.1, -0.05) is 18.2 Å². The average molecular weight is 423 g/mol. The monoisotopic (exact) mass is 423 g/mol. The van der Waals surface area contributed by atoms with Crippen LogP contribution in [0, 0.1) is 11.3 Å². The third-order valence-electron chi connectivity index (χ3n) is 4.68. The van der Waals surface area contributed by atoms with Gasteiger partial charge >= 0.3 is 11.8 Å². The normalized spacial score (nSPS) is 12.3. The van der Waals surface area contributed by atoms with E-state index in [9.17, 15) is 14.9 Å². The smallest absolute Gasteiger partial charge is 0.419 e. The van der Waals surface area contributed by atoms with E-state index in [1.54, 1.807) is 41.0 Å². The second-order valence-corrected chi connectivity index (χ2v) is 8.17. The molecule has 8 nitrogen and oxygen atoms in total. The van der Waals surface area contributed by atoms with E-state index in [-0.39, 0.29) is 6.42 Å². The molecule has 0 saturated carbocycles. The molecule has 0 spiro atoms. The molecule has 0 bridgehead atoms. The molecule has 1 amide bonds. The van der Waals surface area contributed by atoms with Crippen molar-refractivity contribution in [2.75, 3.05) is 7.11 Å². The Morgan fingerprint density at radius 3 is 2.55 bits per heavy atom. The molecule has 1 N–H and O–H groups in total. The first-order chi connectivity index (χ1) is 14.6. The molecule has 0 aliphatic heterocycles. The number of carbonyl (C=O) groups excluding carboxylic acids is 1. The molecule has 0 fully saturated rings. The van der Waals surface area contributed by atoms with Crippen molar-refractivity contribution in [1.29, 1.82) is 5.26 Å². The van der Waals surface area contributed by atoms with Crippen LogP contribution in [0.1, 0.15) is 26.3 Å². The molecule has 0 aliphatic carbocycles. The standard InChI is InChI=1S/C23H25N3O5/c1-23(2,3)31-21(27)25-17(13-24)10-16-7-6-15(12-20(16)29-5)14-8-9-19-18(11-14)26(4)22(28)30-19/h6-9,11-12,17H,10H2,1-5H3,(H,25,27). The lowest BCUT2D eigenvalue weighted by atomic mass is 9.99. The summed E-state index contributed by atoms with van der Waals surface area (Å²) in [4.78, 5) is 23.7. The number of carbonyl (C=O) groups is 1. The zero-order valence-electron chi connectivity index (χ0n) is 18.2. The molecule has 1 aromatic heterocycles. The molecule has 1 heterocycles. The van der Waals surface area contributed by atoms with Crippen molar-refractivity contribution in [3.05, 3.63) is 52.5 Å². The molecule has 8 heteroatoms. The number of fused-ring (bicyclic) bond motifs is 1. The number of benzene rings is 2. The Bertz CT molecular complexity index is 1210. The molecule has 0 radical (unpaired) electrons. The molecule has 162 valence electrons. The second kappa shape index (κ2) is 8.56. The maximum Gasteiger partial charge on any atom is 0.419 e. The number of rotatable bonds is 5. The number of nitrogens with one attached hydrogen (secondary N) is 1. The number of aryl methyl sites for hydroxylation is 1. The number of amides is 1. The Labute approximate surface area is 180 Å². The Morgan fingerprint density at radius 2 is 1.90 bits per heavy atom. The van der Waals surface area contributed by atoms with Crippen molar-refractivity contribution in [3.63, 3.8) is 0 Å². The molecule has 2 aromatic carbocycles. The third-order valence-corrected chi connectivity index (χ3v) is 4.68. The number of ether oxygens (including phenoxy) is 2. The number of nitriles is 1. The number of aromatic nitrogens is 1. The van der Waals surface area contributed by atoms with E-state index >= 15 is 0 Å². The molecule has 1 atom stereocenters. The Kier molecular flexibility index (Phi) is 6.07. The number of methoxy groups -OCH3 is 1. The molecular formula is C23H25N3O5. The summed E-state index contributed by atoms with van der Waals surface area (Å²) in [6.45, 7) is 5.28. The Morgan fingerprint density at radius 1 is 1.23 bits per heavy atom. The van der Waals surface area contributed by atoms with Crippen molar-refractivity contribution >= 4 is 17.2 Å². The van der Waals surface area contributed by atoms with Crippen LogP contribution < -0.4 is 15.8 Å². The Balaban J connectivity index is 1.84. The van der Waals surface area contributed by atoms with Crippen molar-refractivity contribution in [2.24, 2.45) is 7.05 Å². The van der Waals surface area contributed by atoms with Gasteiger partial charge in [0.05, 0.1) is 18.7 Å². The first-order valence-corrected chi connectivity index (χ1v) is 9.77. The number of hydrogen-bond donors (Lipinski definition) is 1. The highest BCUT2D eigenvalue weighted by atomic mass is 16.6. The van der Waals surface area contributed by atoms with Crippen molar-refractivity contribution in [2.45, 2.75) is 38.8 Å². The predicted molar refractivity (Wildman–Crippen MR) is 116 cm³/mol. The van der Waals surface area contributed by atoms with Gasteiger partial charge < -0.3 is 19.2 Å². The summed E-state index contributed by atoms with van der Waals surface area (Å²) in [6, 6.07) is 12.4. The van der Waals surface area contributed by atoms with E-state index in [1.165, 1.54) is 4.57 Å². The molecule has 1 unspecified atom stereocenters. The van der Waals surface area contributed by atoms with E-state index in [4.69, 9.17) is 13.9 Å². The first kappa shape index (κ1) is 22.0. The van der Waals surface area contributed by atoms with Crippen LogP contribution in [0.3, 0.4) is 0 Å². The van der Waals surface area contributed by atoms with E-state index < -0.39 is 23.5 Å². The van der Waals surface area contributed by atoms with Gasteiger partial charge in [-0.2, -0.15) is 5.26 Å². The largest absolute Gasteiger partial charge is 0.496 e. The van der Waals surface area contributed by atoms with Crippen LogP contribution >= 0.6 is 0 Å². The van der Waals surface area contributed by atoms with Crippen LogP contribution in [0.4, 0.5) is 4.79 Å². The predicted octanol–water partition coefficient (Wildman–Crippen LogP) is 3.77. The topological polar surface area (TPSA) is 106 Å². The van der Waals surface area contributed by atoms with Crippen LogP contribution in [0.25, 0.3) is 22.2 Å². The van der Waals surface area contributed by atoms with Crippen LogP contribution in [-0.2, 0) is 18.2 Å². The van der Waals surface area contributed by atoms with Crippen molar-refractivity contribution in [1.82, 2.24) is 9.88 Å². The minimum atomic E-state index is -0.772. The van der Waals surface area contributed by atoms with Gasteiger partial charge in [-0.15, -0.1) is 0 Å². The summed E-state index contributed by atoms with van der Waals surface area (Å²) in [6.07, 6.45) is -0.386. The summed E-state index contributed by atoms with van der Waals surface area (Å²) in [5, 5.41) is 12.0. The van der Waals surface area contributed by atoms with Crippen LogP contribution in [0.5, 0.6) is 5.75 Å². The zero-order chi connectivity index (χ0) is 22.8. The molecule has 3 aromatic rings. The van der Waals surface area contributed by atoms with Crippen LogP contribution in [-0.4, -0.2) is 29.4 Å². The first-order valence-electron chi connectivity index (χ1n) is 9.77. The van der Waals surface area contributed by atoms with Crippen LogP contribution in [0.2, 0.25) is 0 Å². The van der Waals surface area contributed by atoms with Gasteiger partial charge in [-0.3, -0.25) is 4.57 Å². The lowest BCUT2D eigenvalue weighted by Crippen LogP contribution is -2.39. The number of alkyl carbamates (subject to hydrolysis) is 1. The molecular weight excluding hydrogens is 398 g/mol. The second-order valence-electron chi connectivity index (χ2n) is 8.17. The Hall–Kier alpha value is -3.73. The summed E-state index contributed by atoms with van der Waals surface area (Å²) in [5.41, 5.74) is 3.10. The van der Waals surface area contributed by atoms with E-state index in [2.05, 4.69) is 11.4 Å². The van der Waals surface area contributed by atoms with Crippen molar-refractivity contribution < 1.29 is 18.7 Å². The molecule has 0 saturated heterocycles. The average Bonchev–Trinajstić information content (AvgIpc) is 2.99. The highest BCUT2D eigenvalue weighted by Crippen LogP contribution is 2.30. The van der Waals surface area contributed by atoms with Gasteiger partial charge in [0.2, 0.25) is 0 Å². The fraction of sp³-hybridized carbons (Fsp3) is 0.348. The zero-order valence-corrected chi connectivity index (χ0v) is 18.2. The summed E-state index contributed by atoms with van der Waals surface area (Å²) in [7, 11) is 3.20. The lowest BCUT2D eigenvalue weighted by Gasteiger charge is -2.21. The maximum atomic E-state index is 12.0. The van der Waals surface area contributed by atoms with Crippen molar-refractivity contribution in [3.8, 4) is 22.9 Å². The van der Waals surface area contributed by atoms with Gasteiger partial charge in [0.15, 0.2) is 5.58 Å². The maximum absolute atomic E-state index is 12.0. The molecule has 3 rings (SSSR count). The quantitative estimate of drug-likeness (QED) is 0.670. The highest BCUT2D eigenvalue weighted by Gasteiger charge is 2.21. The third kappa shape index (κ3) is 5.07. The number of nitrogens with zero attached hydrogens (tertiary/aromatic N) is 2. The number of hydrogen-bond acceptors (Lipinski definition) is 6. The van der Waals surface area contributed by atoms with Gasteiger partial charge in [-0.25, -0.2) is 9.59 Å². The minimum absolute atomic E-state index is 0.258. The minimum Gasteiger partial charge on any atom is -0.496 e. The van der Waals surface area contributed by atoms with Gasteiger partial charge in [0.25, 0.3) is 0 Å². The summed E-state index contributed by atoms with van der Waals surface area (Å²) >= 11 is 0. The van der Waals surface area contributed by atoms with Gasteiger partial charge in [0.1, 0.15) is 17.4 Å². The SMILES string of the molecule is COc1cc(-c2ccc3oc(=O)n(C)c3c2)ccc1CC(C#N)NC(=O)OC(C)(C)C. The molecule has 31 heavy (non-hydrogen) atoms. The molecule has 0 aliphatic rings. The lowest BCUT2D eigenvalue weighted by molar-refractivity contribution is 0.0515. The fourth-order valence-corrected chi connectivity index (χ4v) is 3.20. The van der Waals surface area contributed by atoms with E-state index in [0.29, 0.717) is 16.8 Å². The van der Waals surface area contributed by atoms with Crippen LogP contribution in [0.15, 0.2) is 45.6 Å². The van der Waals surface area contributed by atoms with Gasteiger partial charge in [0, 0.05) is 13.5 Å². The number of oxazole rings is 1. The van der Waals surface area contributed by atoms with E-state index in [1.807, 2.05) is 30.3 Å². The summed E-state index contributed by atoms with van der Waals surface area (Å²) in [5.74, 6) is 0.171.